The van der Waals surface area contributed by atoms with Crippen molar-refractivity contribution in [2.45, 2.75) is 25.4 Å². The van der Waals surface area contributed by atoms with Crippen LogP contribution in [-0.4, -0.2) is 26.0 Å². The van der Waals surface area contributed by atoms with Crippen molar-refractivity contribution in [3.8, 4) is 11.8 Å². The van der Waals surface area contributed by atoms with Crippen molar-refractivity contribution in [2.24, 2.45) is 5.41 Å². The molecule has 0 radical (unpaired) electrons. The van der Waals surface area contributed by atoms with E-state index in [-0.39, 0.29) is 23.4 Å². The predicted octanol–water partition coefficient (Wildman–Crippen LogP) is 1.85. The number of halogens is 1. The zero-order chi connectivity index (χ0) is 14.4. The first-order valence-electron chi connectivity index (χ1n) is 6.48. The van der Waals surface area contributed by atoms with Gasteiger partial charge in [-0.1, -0.05) is 0 Å². The molecule has 0 N–H and O–H groups in total. The van der Waals surface area contributed by atoms with Crippen LogP contribution in [0.25, 0.3) is 0 Å². The quantitative estimate of drug-likeness (QED) is 0.835. The van der Waals surface area contributed by atoms with Crippen LogP contribution in [-0.2, 0) is 16.3 Å². The Labute approximate surface area is 117 Å². The molecule has 20 heavy (non-hydrogen) atoms. The van der Waals surface area contributed by atoms with Crippen LogP contribution in [0, 0.1) is 22.6 Å². The SMILES string of the molecule is N#CC1(CC2Cc3cc(F)ccc3O2)CCS(=O)(=O)C1. The molecule has 1 saturated heterocycles. The Bertz CT molecular complexity index is 695. The van der Waals surface area contributed by atoms with Gasteiger partial charge in [-0.2, -0.15) is 5.26 Å². The standard InChI is InChI=1S/C14H14FNO3S/c15-11-1-2-13-10(5-11)6-12(19-13)7-14(8-16)3-4-20(17,18)9-14/h1-2,5,12H,3-4,6-7,9H2. The first-order chi connectivity index (χ1) is 9.41. The van der Waals surface area contributed by atoms with E-state index in [0.29, 0.717) is 25.0 Å². The number of nitrogens with zero attached hydrogens (tertiary/aromatic N) is 1. The van der Waals surface area contributed by atoms with E-state index in [0.717, 1.165) is 5.56 Å². The van der Waals surface area contributed by atoms with Crippen molar-refractivity contribution in [3.05, 3.63) is 29.6 Å². The molecule has 3 rings (SSSR count). The molecule has 2 atom stereocenters. The van der Waals surface area contributed by atoms with Crippen LogP contribution in [0.15, 0.2) is 18.2 Å². The van der Waals surface area contributed by atoms with Crippen LogP contribution in [0.2, 0.25) is 0 Å². The summed E-state index contributed by atoms with van der Waals surface area (Å²) in [6, 6.07) is 6.51. The molecule has 1 fully saturated rings. The highest BCUT2D eigenvalue weighted by Gasteiger charge is 2.45. The van der Waals surface area contributed by atoms with Crippen LogP contribution in [0.1, 0.15) is 18.4 Å². The fourth-order valence-electron chi connectivity index (χ4n) is 3.05. The first kappa shape index (κ1) is 13.4. The van der Waals surface area contributed by atoms with Crippen LogP contribution in [0.4, 0.5) is 4.39 Å². The average Bonchev–Trinajstić information content (AvgIpc) is 2.90. The third-order valence-electron chi connectivity index (χ3n) is 4.01. The molecule has 4 nitrogen and oxygen atoms in total. The van der Waals surface area contributed by atoms with Gasteiger partial charge in [0, 0.05) is 18.4 Å². The van der Waals surface area contributed by atoms with E-state index in [1.165, 1.54) is 12.1 Å². The van der Waals surface area contributed by atoms with Gasteiger partial charge < -0.3 is 4.74 Å². The number of fused-ring (bicyclic) bond motifs is 1. The van der Waals surface area contributed by atoms with Gasteiger partial charge in [0.1, 0.15) is 17.7 Å². The molecule has 0 spiro atoms. The van der Waals surface area contributed by atoms with Gasteiger partial charge in [-0.05, 0) is 24.6 Å². The topological polar surface area (TPSA) is 67.2 Å². The molecule has 2 unspecified atom stereocenters. The maximum absolute atomic E-state index is 13.1. The van der Waals surface area contributed by atoms with Gasteiger partial charge in [0.2, 0.25) is 0 Å². The predicted molar refractivity (Wildman–Crippen MR) is 70.5 cm³/mol. The molecule has 6 heteroatoms. The second-order valence-electron chi connectivity index (χ2n) is 5.63. The van der Waals surface area contributed by atoms with Gasteiger partial charge in [0.15, 0.2) is 9.84 Å². The van der Waals surface area contributed by atoms with Gasteiger partial charge in [-0.15, -0.1) is 0 Å². The number of benzene rings is 1. The first-order valence-corrected chi connectivity index (χ1v) is 8.30. The minimum Gasteiger partial charge on any atom is -0.490 e. The highest BCUT2D eigenvalue weighted by atomic mass is 32.2. The lowest BCUT2D eigenvalue weighted by atomic mass is 9.82. The van der Waals surface area contributed by atoms with Crippen molar-refractivity contribution >= 4 is 9.84 Å². The smallest absolute Gasteiger partial charge is 0.151 e. The van der Waals surface area contributed by atoms with Gasteiger partial charge in [0.05, 0.1) is 23.0 Å². The molecule has 0 amide bonds. The lowest BCUT2D eigenvalue weighted by Gasteiger charge is -2.22. The zero-order valence-electron chi connectivity index (χ0n) is 10.8. The van der Waals surface area contributed by atoms with E-state index in [4.69, 9.17) is 4.74 Å². The van der Waals surface area contributed by atoms with Crippen LogP contribution in [0.3, 0.4) is 0 Å². The highest BCUT2D eigenvalue weighted by Crippen LogP contribution is 2.40. The van der Waals surface area contributed by atoms with Crippen molar-refractivity contribution in [1.29, 1.82) is 5.26 Å². The largest absolute Gasteiger partial charge is 0.490 e. The maximum atomic E-state index is 13.1. The average molecular weight is 295 g/mol. The van der Waals surface area contributed by atoms with Crippen molar-refractivity contribution in [2.75, 3.05) is 11.5 Å². The van der Waals surface area contributed by atoms with Gasteiger partial charge in [-0.25, -0.2) is 12.8 Å². The maximum Gasteiger partial charge on any atom is 0.151 e. The van der Waals surface area contributed by atoms with Crippen LogP contribution in [0.5, 0.6) is 5.75 Å². The minimum atomic E-state index is -3.12. The lowest BCUT2D eigenvalue weighted by Crippen LogP contribution is -2.28. The summed E-state index contributed by atoms with van der Waals surface area (Å²) in [4.78, 5) is 0. The fourth-order valence-corrected chi connectivity index (χ4v) is 5.06. The molecule has 0 aromatic heterocycles. The van der Waals surface area contributed by atoms with Gasteiger partial charge in [-0.3, -0.25) is 0 Å². The van der Waals surface area contributed by atoms with Crippen LogP contribution >= 0.6 is 0 Å². The molecule has 0 saturated carbocycles. The molecule has 106 valence electrons. The fraction of sp³-hybridized carbons (Fsp3) is 0.500. The van der Waals surface area contributed by atoms with E-state index in [1.54, 1.807) is 6.07 Å². The Morgan fingerprint density at radius 2 is 2.30 bits per heavy atom. The third kappa shape index (κ3) is 2.38. The number of hydrogen-bond acceptors (Lipinski definition) is 4. The second kappa shape index (κ2) is 4.45. The molecule has 1 aromatic rings. The monoisotopic (exact) mass is 295 g/mol. The Kier molecular flexibility index (Phi) is 2.98. The lowest BCUT2D eigenvalue weighted by molar-refractivity contribution is 0.177. The summed E-state index contributed by atoms with van der Waals surface area (Å²) in [7, 11) is -3.12. The molecule has 2 aliphatic rings. The van der Waals surface area contributed by atoms with E-state index < -0.39 is 15.3 Å². The third-order valence-corrected chi connectivity index (χ3v) is 5.83. The Morgan fingerprint density at radius 1 is 1.50 bits per heavy atom. The summed E-state index contributed by atoms with van der Waals surface area (Å²) in [5, 5.41) is 9.34. The van der Waals surface area contributed by atoms with Gasteiger partial charge >= 0.3 is 0 Å². The molecular formula is C14H14FNO3S. The number of rotatable bonds is 2. The van der Waals surface area contributed by atoms with Crippen LogP contribution < -0.4 is 4.74 Å². The minimum absolute atomic E-state index is 0.0643. The van der Waals surface area contributed by atoms with Crippen molar-refractivity contribution in [3.63, 3.8) is 0 Å². The number of ether oxygens (including phenoxy) is 1. The summed E-state index contributed by atoms with van der Waals surface area (Å²) >= 11 is 0. The molecule has 2 heterocycles. The van der Waals surface area contributed by atoms with E-state index in [9.17, 15) is 18.1 Å². The Morgan fingerprint density at radius 3 is 2.95 bits per heavy atom. The highest BCUT2D eigenvalue weighted by molar-refractivity contribution is 7.91. The molecule has 1 aromatic carbocycles. The summed E-state index contributed by atoms with van der Waals surface area (Å²) in [6.45, 7) is 0. The Hall–Kier alpha value is -1.61. The normalized spacial score (nSPS) is 30.5. The summed E-state index contributed by atoms with van der Waals surface area (Å²) in [6.07, 6.45) is 1.01. The van der Waals surface area contributed by atoms with E-state index >= 15 is 0 Å². The molecule has 0 aliphatic carbocycles. The number of hydrogen-bond donors (Lipinski definition) is 0. The number of nitriles is 1. The Balaban J connectivity index is 1.76. The zero-order valence-corrected chi connectivity index (χ0v) is 11.6. The van der Waals surface area contributed by atoms with Crippen molar-refractivity contribution in [1.82, 2.24) is 0 Å². The van der Waals surface area contributed by atoms with Crippen molar-refractivity contribution < 1.29 is 17.5 Å². The summed E-state index contributed by atoms with van der Waals surface area (Å²) in [5.74, 6) is 0.285. The van der Waals surface area contributed by atoms with E-state index in [1.807, 2.05) is 0 Å². The summed E-state index contributed by atoms with van der Waals surface area (Å²) < 4.78 is 42.1. The van der Waals surface area contributed by atoms with E-state index in [2.05, 4.69) is 6.07 Å². The molecular weight excluding hydrogens is 281 g/mol. The number of sulfone groups is 1. The molecule has 0 bridgehead atoms. The van der Waals surface area contributed by atoms with Gasteiger partial charge in [0.25, 0.3) is 0 Å². The second-order valence-corrected chi connectivity index (χ2v) is 7.82. The summed E-state index contributed by atoms with van der Waals surface area (Å²) in [5.41, 5.74) is -0.0756. The molecule has 2 aliphatic heterocycles.